The van der Waals surface area contributed by atoms with Gasteiger partial charge >= 0.3 is 17.9 Å². The quantitative estimate of drug-likeness (QED) is 0.217. The van der Waals surface area contributed by atoms with Crippen LogP contribution in [0.25, 0.3) is 0 Å². The molecule has 0 aromatic heterocycles. The first-order valence-electron chi connectivity index (χ1n) is 8.79. The summed E-state index contributed by atoms with van der Waals surface area (Å²) < 4.78 is 30.0. The third-order valence-corrected chi connectivity index (χ3v) is 3.38. The topological polar surface area (TPSA) is 107 Å². The second kappa shape index (κ2) is 11.9. The molecule has 0 fully saturated rings. The summed E-state index contributed by atoms with van der Waals surface area (Å²) in [5, 5.41) is 0. The average molecular weight is 420 g/mol. The van der Waals surface area contributed by atoms with E-state index in [-0.39, 0.29) is 16.7 Å². The largest absolute Gasteiger partial charge is 0.463 e. The van der Waals surface area contributed by atoms with Gasteiger partial charge in [0.2, 0.25) is 18.9 Å². The monoisotopic (exact) mass is 420 g/mol. The molecule has 30 heavy (non-hydrogen) atoms. The minimum absolute atomic E-state index is 0.0225. The van der Waals surface area contributed by atoms with Gasteiger partial charge < -0.3 is 28.4 Å². The van der Waals surface area contributed by atoms with Gasteiger partial charge in [-0.3, -0.25) is 0 Å². The van der Waals surface area contributed by atoms with E-state index in [0.717, 1.165) is 24.9 Å². The van der Waals surface area contributed by atoms with Crippen molar-refractivity contribution in [2.75, 3.05) is 0 Å². The van der Waals surface area contributed by atoms with Crippen LogP contribution in [-0.2, 0) is 28.4 Å². The van der Waals surface area contributed by atoms with Crippen LogP contribution in [0.3, 0.4) is 0 Å². The normalized spacial score (nSPS) is 12.9. The molecule has 0 amide bonds. The summed E-state index contributed by atoms with van der Waals surface area (Å²) in [4.78, 5) is 37.4. The lowest BCUT2D eigenvalue weighted by Crippen LogP contribution is -2.23. The van der Waals surface area contributed by atoms with Crippen molar-refractivity contribution in [1.29, 1.82) is 0 Å². The fourth-order valence-electron chi connectivity index (χ4n) is 2.16. The molecule has 3 atom stereocenters. The van der Waals surface area contributed by atoms with Crippen molar-refractivity contribution in [1.82, 2.24) is 0 Å². The first-order chi connectivity index (χ1) is 14.2. The van der Waals surface area contributed by atoms with Crippen LogP contribution in [0.15, 0.2) is 56.7 Å². The second-order valence-corrected chi connectivity index (χ2v) is 5.59. The number of benzene rings is 1. The van der Waals surface area contributed by atoms with Crippen molar-refractivity contribution in [2.24, 2.45) is 0 Å². The fraction of sp³-hybridized carbons (Fsp3) is 0.286. The first-order valence-corrected chi connectivity index (χ1v) is 8.79. The van der Waals surface area contributed by atoms with E-state index in [1.54, 1.807) is 0 Å². The lowest BCUT2D eigenvalue weighted by molar-refractivity contribution is -0.0633. The summed E-state index contributed by atoms with van der Waals surface area (Å²) in [7, 11) is 0. The van der Waals surface area contributed by atoms with E-state index in [2.05, 4.69) is 19.7 Å². The van der Waals surface area contributed by atoms with Crippen LogP contribution in [0.1, 0.15) is 51.8 Å². The van der Waals surface area contributed by atoms with Crippen LogP contribution in [0.5, 0.6) is 0 Å². The molecule has 0 aliphatic rings. The Morgan fingerprint density at radius 3 is 1.53 bits per heavy atom. The first kappa shape index (κ1) is 24.3. The van der Waals surface area contributed by atoms with Crippen LogP contribution in [-0.4, -0.2) is 36.8 Å². The second-order valence-electron chi connectivity index (χ2n) is 5.59. The Kier molecular flexibility index (Phi) is 9.67. The number of ether oxygens (including phenoxy) is 6. The Labute approximate surface area is 174 Å². The molecule has 9 nitrogen and oxygen atoms in total. The summed E-state index contributed by atoms with van der Waals surface area (Å²) in [6.07, 6.45) is 0.464. The van der Waals surface area contributed by atoms with E-state index in [4.69, 9.17) is 28.4 Å². The molecule has 0 radical (unpaired) electrons. The highest BCUT2D eigenvalue weighted by molar-refractivity contribution is 6.05. The highest BCUT2D eigenvalue weighted by Crippen LogP contribution is 2.18. The molecule has 0 aliphatic heterocycles. The third-order valence-electron chi connectivity index (χ3n) is 3.38. The van der Waals surface area contributed by atoms with Crippen molar-refractivity contribution >= 4 is 17.9 Å². The highest BCUT2D eigenvalue weighted by Gasteiger charge is 2.25. The minimum Gasteiger partial charge on any atom is -0.463 e. The van der Waals surface area contributed by atoms with Crippen molar-refractivity contribution in [3.63, 3.8) is 0 Å². The molecule has 162 valence electrons. The maximum Gasteiger partial charge on any atom is 0.342 e. The minimum atomic E-state index is -0.987. The maximum absolute atomic E-state index is 12.6. The number of hydrogen-bond donors (Lipinski definition) is 0. The zero-order valence-electron chi connectivity index (χ0n) is 17.0. The molecule has 3 unspecified atom stereocenters. The predicted octanol–water partition coefficient (Wildman–Crippen LogP) is 3.68. The van der Waals surface area contributed by atoms with Gasteiger partial charge in [0.15, 0.2) is 0 Å². The molecular formula is C21H24O9. The Morgan fingerprint density at radius 1 is 0.700 bits per heavy atom. The molecule has 9 heteroatoms. The predicted molar refractivity (Wildman–Crippen MR) is 105 cm³/mol. The van der Waals surface area contributed by atoms with Gasteiger partial charge in [-0.15, -0.1) is 0 Å². The number of carbonyl (C=O) groups is 3. The van der Waals surface area contributed by atoms with Gasteiger partial charge in [0.05, 0.1) is 35.5 Å². The highest BCUT2D eigenvalue weighted by atomic mass is 16.7. The number of esters is 3. The number of hydrogen-bond acceptors (Lipinski definition) is 9. The maximum atomic E-state index is 12.6. The van der Waals surface area contributed by atoms with Crippen LogP contribution in [0.4, 0.5) is 0 Å². The van der Waals surface area contributed by atoms with Crippen molar-refractivity contribution in [3.05, 3.63) is 73.4 Å². The van der Waals surface area contributed by atoms with E-state index < -0.39 is 36.8 Å². The summed E-state index contributed by atoms with van der Waals surface area (Å²) in [5.74, 6) is -2.60. The van der Waals surface area contributed by atoms with Gasteiger partial charge in [-0.1, -0.05) is 19.7 Å². The van der Waals surface area contributed by atoms with Crippen LogP contribution in [0, 0.1) is 0 Å². The van der Waals surface area contributed by atoms with E-state index in [1.807, 2.05) is 0 Å². The molecule has 0 saturated heterocycles. The van der Waals surface area contributed by atoms with Crippen molar-refractivity contribution in [3.8, 4) is 0 Å². The van der Waals surface area contributed by atoms with E-state index in [0.29, 0.717) is 0 Å². The zero-order chi connectivity index (χ0) is 22.7. The smallest absolute Gasteiger partial charge is 0.342 e. The summed E-state index contributed by atoms with van der Waals surface area (Å²) in [5.41, 5.74) is -0.417. The molecule has 1 aromatic carbocycles. The summed E-state index contributed by atoms with van der Waals surface area (Å²) in [6, 6.07) is 3.66. The third kappa shape index (κ3) is 7.34. The van der Waals surface area contributed by atoms with Gasteiger partial charge in [0, 0.05) is 20.8 Å². The van der Waals surface area contributed by atoms with E-state index >= 15 is 0 Å². The van der Waals surface area contributed by atoms with Crippen molar-refractivity contribution in [2.45, 2.75) is 39.6 Å². The lowest BCUT2D eigenvalue weighted by Gasteiger charge is -2.17. The Bertz CT molecular complexity index is 800. The Hall–Kier alpha value is -3.75. The average Bonchev–Trinajstić information content (AvgIpc) is 2.67. The summed E-state index contributed by atoms with van der Waals surface area (Å²) in [6.45, 7) is 14.5. The summed E-state index contributed by atoms with van der Waals surface area (Å²) >= 11 is 0. The number of rotatable bonds is 12. The standard InChI is InChI=1S/C21H24O9/c1-7-25-13(4)28-19(22)16-10-11-17(20(23)29-14(5)26-8-2)18(12-16)21(24)30-15(6)27-9-3/h7-15H,1-3H2,4-6H3. The lowest BCUT2D eigenvalue weighted by atomic mass is 10.0. The Morgan fingerprint density at radius 2 is 1.10 bits per heavy atom. The van der Waals surface area contributed by atoms with Gasteiger partial charge in [-0.25, -0.2) is 14.4 Å². The molecule has 0 N–H and O–H groups in total. The molecule has 0 bridgehead atoms. The van der Waals surface area contributed by atoms with Gasteiger partial charge in [-0.2, -0.15) is 0 Å². The van der Waals surface area contributed by atoms with E-state index in [9.17, 15) is 14.4 Å². The molecule has 1 aromatic rings. The molecule has 0 spiro atoms. The molecule has 0 aliphatic carbocycles. The number of carbonyl (C=O) groups excluding carboxylic acids is 3. The van der Waals surface area contributed by atoms with Crippen LogP contribution in [0.2, 0.25) is 0 Å². The van der Waals surface area contributed by atoms with Crippen molar-refractivity contribution < 1.29 is 42.8 Å². The SMILES string of the molecule is C=COC(C)OC(=O)c1ccc(C(=O)OC(C)OC=C)c(C(=O)OC(C)OC=C)c1. The molecule has 0 saturated carbocycles. The van der Waals surface area contributed by atoms with Gasteiger partial charge in [-0.05, 0) is 18.2 Å². The van der Waals surface area contributed by atoms with Crippen LogP contribution >= 0.6 is 0 Å². The van der Waals surface area contributed by atoms with E-state index in [1.165, 1.54) is 32.9 Å². The molecular weight excluding hydrogens is 396 g/mol. The molecule has 0 heterocycles. The Balaban J connectivity index is 3.23. The van der Waals surface area contributed by atoms with Gasteiger partial charge in [0.1, 0.15) is 0 Å². The van der Waals surface area contributed by atoms with Crippen LogP contribution < -0.4 is 0 Å². The molecule has 1 rings (SSSR count). The zero-order valence-corrected chi connectivity index (χ0v) is 17.0. The van der Waals surface area contributed by atoms with Gasteiger partial charge in [0.25, 0.3) is 0 Å². The fourth-order valence-corrected chi connectivity index (χ4v) is 2.16.